The molecule has 1 N–H and O–H groups in total. The molecular formula is C18H28N4O4S. The minimum Gasteiger partial charge on any atom is -0.373 e. The molecule has 0 saturated carbocycles. The number of carbonyl (C=O) groups is 1. The molecule has 0 unspecified atom stereocenters. The molecule has 27 heavy (non-hydrogen) atoms. The molecule has 2 heterocycles. The molecule has 0 spiro atoms. The topological polar surface area (TPSA) is 82.2 Å². The highest BCUT2D eigenvalue weighted by Gasteiger charge is 2.32. The molecule has 0 aliphatic carbocycles. The van der Waals surface area contributed by atoms with E-state index in [1.54, 1.807) is 12.1 Å². The van der Waals surface area contributed by atoms with Crippen molar-refractivity contribution < 1.29 is 17.9 Å². The van der Waals surface area contributed by atoms with Gasteiger partial charge in [-0.3, -0.25) is 10.2 Å². The van der Waals surface area contributed by atoms with Gasteiger partial charge in [0.1, 0.15) is 0 Å². The molecule has 9 heteroatoms. The second kappa shape index (κ2) is 8.24. The standard InChI is InChI=1S/C18H28N4O4S/c1-14-12-22(13-15(2)26-14)27(24,25)17-6-4-16(5-7-17)18(23)19-21-10-8-20(3)9-11-21/h4-7,14-15H,8-13H2,1-3H3,(H,19,23)/t14-,15-/m0/s1. The first kappa shape index (κ1) is 20.2. The fourth-order valence-electron chi connectivity index (χ4n) is 3.38. The number of carbonyl (C=O) groups excluding carboxylic acids is 1. The molecule has 1 aromatic rings. The molecule has 2 fully saturated rings. The number of morpholine rings is 1. The number of benzene rings is 1. The predicted molar refractivity (Wildman–Crippen MR) is 102 cm³/mol. The normalized spacial score (nSPS) is 26.0. The third kappa shape index (κ3) is 4.85. The molecule has 8 nitrogen and oxygen atoms in total. The highest BCUT2D eigenvalue weighted by Crippen LogP contribution is 2.21. The molecule has 2 saturated heterocycles. The number of hydrogen-bond acceptors (Lipinski definition) is 6. The SMILES string of the molecule is C[C@H]1CN(S(=O)(=O)c2ccc(C(=O)NN3CCN(C)CC3)cc2)C[C@H](C)O1. The Balaban J connectivity index is 1.66. The number of rotatable bonds is 4. The van der Waals surface area contributed by atoms with Crippen molar-refractivity contribution in [1.29, 1.82) is 0 Å². The number of amides is 1. The second-order valence-electron chi connectivity index (χ2n) is 7.33. The van der Waals surface area contributed by atoms with Crippen LogP contribution in [0, 0.1) is 0 Å². The Kier molecular flexibility index (Phi) is 6.17. The molecule has 0 bridgehead atoms. The van der Waals surface area contributed by atoms with E-state index in [9.17, 15) is 13.2 Å². The van der Waals surface area contributed by atoms with Crippen molar-refractivity contribution >= 4 is 15.9 Å². The van der Waals surface area contributed by atoms with Crippen LogP contribution in [0.15, 0.2) is 29.2 Å². The van der Waals surface area contributed by atoms with Crippen molar-refractivity contribution in [1.82, 2.24) is 19.6 Å². The molecule has 0 radical (unpaired) electrons. The highest BCUT2D eigenvalue weighted by atomic mass is 32.2. The Morgan fingerprint density at radius 1 is 1.04 bits per heavy atom. The zero-order valence-electron chi connectivity index (χ0n) is 16.1. The van der Waals surface area contributed by atoms with E-state index in [1.807, 2.05) is 25.9 Å². The Labute approximate surface area is 161 Å². The van der Waals surface area contributed by atoms with Crippen LogP contribution in [-0.2, 0) is 14.8 Å². The summed E-state index contributed by atoms with van der Waals surface area (Å²) in [6.07, 6.45) is -0.283. The van der Waals surface area contributed by atoms with Gasteiger partial charge in [-0.25, -0.2) is 13.4 Å². The highest BCUT2D eigenvalue weighted by molar-refractivity contribution is 7.89. The van der Waals surface area contributed by atoms with Crippen molar-refractivity contribution in [2.75, 3.05) is 46.3 Å². The molecule has 2 aliphatic rings. The first-order valence-corrected chi connectivity index (χ1v) is 10.7. The largest absolute Gasteiger partial charge is 0.373 e. The maximum Gasteiger partial charge on any atom is 0.265 e. The predicted octanol–water partition coefficient (Wildman–Crippen LogP) is 0.377. The summed E-state index contributed by atoms with van der Waals surface area (Å²) in [6.45, 7) is 7.72. The first-order valence-electron chi connectivity index (χ1n) is 9.26. The van der Waals surface area contributed by atoms with Gasteiger partial charge in [-0.1, -0.05) is 0 Å². The first-order chi connectivity index (χ1) is 12.8. The second-order valence-corrected chi connectivity index (χ2v) is 9.27. The van der Waals surface area contributed by atoms with Crippen molar-refractivity contribution in [2.45, 2.75) is 31.0 Å². The average molecular weight is 397 g/mol. The van der Waals surface area contributed by atoms with Gasteiger partial charge in [0.15, 0.2) is 0 Å². The van der Waals surface area contributed by atoms with Crippen LogP contribution in [0.3, 0.4) is 0 Å². The third-order valence-corrected chi connectivity index (χ3v) is 6.75. The summed E-state index contributed by atoms with van der Waals surface area (Å²) >= 11 is 0. The summed E-state index contributed by atoms with van der Waals surface area (Å²) in [4.78, 5) is 14.8. The van der Waals surface area contributed by atoms with Crippen LogP contribution >= 0.6 is 0 Å². The summed E-state index contributed by atoms with van der Waals surface area (Å²) in [6, 6.07) is 6.12. The number of hydrogen-bond donors (Lipinski definition) is 1. The number of sulfonamides is 1. The Morgan fingerprint density at radius 2 is 1.59 bits per heavy atom. The van der Waals surface area contributed by atoms with Crippen LogP contribution in [0.25, 0.3) is 0 Å². The van der Waals surface area contributed by atoms with Crippen molar-refractivity contribution in [3.63, 3.8) is 0 Å². The van der Waals surface area contributed by atoms with Crippen LogP contribution < -0.4 is 5.43 Å². The molecule has 1 amide bonds. The summed E-state index contributed by atoms with van der Waals surface area (Å²) in [5.41, 5.74) is 3.32. The lowest BCUT2D eigenvalue weighted by Gasteiger charge is -2.34. The Hall–Kier alpha value is -1.52. The number of piperazine rings is 1. The van der Waals surface area contributed by atoms with E-state index in [2.05, 4.69) is 10.3 Å². The lowest BCUT2D eigenvalue weighted by atomic mass is 10.2. The fraction of sp³-hybridized carbons (Fsp3) is 0.611. The lowest BCUT2D eigenvalue weighted by Crippen LogP contribution is -2.52. The van der Waals surface area contributed by atoms with E-state index in [0.29, 0.717) is 18.7 Å². The number of nitrogens with one attached hydrogen (secondary N) is 1. The van der Waals surface area contributed by atoms with Gasteiger partial charge in [-0.2, -0.15) is 4.31 Å². The van der Waals surface area contributed by atoms with Gasteiger partial charge in [-0.05, 0) is 45.2 Å². The monoisotopic (exact) mass is 396 g/mol. The van der Waals surface area contributed by atoms with Gasteiger partial charge in [0, 0.05) is 44.8 Å². The van der Waals surface area contributed by atoms with Crippen molar-refractivity contribution in [2.24, 2.45) is 0 Å². The van der Waals surface area contributed by atoms with Crippen LogP contribution in [0.1, 0.15) is 24.2 Å². The summed E-state index contributed by atoms with van der Waals surface area (Å²) in [7, 11) is -1.55. The fourth-order valence-corrected chi connectivity index (χ4v) is 4.97. The van der Waals surface area contributed by atoms with Gasteiger partial charge in [-0.15, -0.1) is 0 Å². The van der Waals surface area contributed by atoms with Gasteiger partial charge in [0.2, 0.25) is 10.0 Å². The number of ether oxygens (including phenoxy) is 1. The van der Waals surface area contributed by atoms with Crippen molar-refractivity contribution in [3.05, 3.63) is 29.8 Å². The quantitative estimate of drug-likeness (QED) is 0.792. The molecule has 2 aliphatic heterocycles. The van der Waals surface area contributed by atoms with E-state index < -0.39 is 10.0 Å². The summed E-state index contributed by atoms with van der Waals surface area (Å²) in [5, 5.41) is 1.89. The van der Waals surface area contributed by atoms with Crippen LogP contribution in [0.4, 0.5) is 0 Å². The molecule has 2 atom stereocenters. The van der Waals surface area contributed by atoms with Gasteiger partial charge in [0.05, 0.1) is 17.1 Å². The molecule has 1 aromatic carbocycles. The zero-order chi connectivity index (χ0) is 19.6. The van der Waals surface area contributed by atoms with Crippen LogP contribution in [-0.4, -0.2) is 87.1 Å². The van der Waals surface area contributed by atoms with Gasteiger partial charge < -0.3 is 9.64 Å². The Bertz CT molecular complexity index is 750. The smallest absolute Gasteiger partial charge is 0.265 e. The van der Waals surface area contributed by atoms with E-state index in [1.165, 1.54) is 16.4 Å². The average Bonchev–Trinajstić information content (AvgIpc) is 2.63. The molecular weight excluding hydrogens is 368 g/mol. The number of likely N-dealkylation sites (N-methyl/N-ethyl adjacent to an activating group) is 1. The maximum absolute atomic E-state index is 12.9. The van der Waals surface area contributed by atoms with E-state index >= 15 is 0 Å². The van der Waals surface area contributed by atoms with E-state index in [4.69, 9.17) is 4.74 Å². The summed E-state index contributed by atoms with van der Waals surface area (Å²) < 4.78 is 32.8. The number of hydrazine groups is 1. The van der Waals surface area contributed by atoms with Crippen LogP contribution in [0.5, 0.6) is 0 Å². The minimum atomic E-state index is -3.60. The Morgan fingerprint density at radius 3 is 2.15 bits per heavy atom. The van der Waals surface area contributed by atoms with Crippen LogP contribution in [0.2, 0.25) is 0 Å². The lowest BCUT2D eigenvalue weighted by molar-refractivity contribution is -0.0440. The van der Waals surface area contributed by atoms with E-state index in [0.717, 1.165) is 26.2 Å². The molecule has 3 rings (SSSR count). The number of nitrogens with zero attached hydrogens (tertiary/aromatic N) is 3. The van der Waals surface area contributed by atoms with E-state index in [-0.39, 0.29) is 23.0 Å². The maximum atomic E-state index is 12.9. The van der Waals surface area contributed by atoms with Gasteiger partial charge >= 0.3 is 0 Å². The minimum absolute atomic E-state index is 0.142. The zero-order valence-corrected chi connectivity index (χ0v) is 16.9. The summed E-state index contributed by atoms with van der Waals surface area (Å²) in [5.74, 6) is -0.225. The third-order valence-electron chi connectivity index (χ3n) is 4.90. The van der Waals surface area contributed by atoms with Gasteiger partial charge in [0.25, 0.3) is 5.91 Å². The van der Waals surface area contributed by atoms with Crippen molar-refractivity contribution in [3.8, 4) is 0 Å². The molecule has 0 aromatic heterocycles. The molecule has 150 valence electrons.